The summed E-state index contributed by atoms with van der Waals surface area (Å²) in [5.74, 6) is 0. The molecule has 1 atom stereocenters. The van der Waals surface area contributed by atoms with Crippen molar-refractivity contribution >= 4 is 5.71 Å². The van der Waals surface area contributed by atoms with Crippen molar-refractivity contribution in [1.82, 2.24) is 0 Å². The molecule has 1 aliphatic heterocycles. The molecule has 0 bridgehead atoms. The van der Waals surface area contributed by atoms with Crippen LogP contribution in [0.1, 0.15) is 26.3 Å². The van der Waals surface area contributed by atoms with E-state index in [1.54, 1.807) is 0 Å². The van der Waals surface area contributed by atoms with E-state index in [-0.39, 0.29) is 5.54 Å². The van der Waals surface area contributed by atoms with Crippen LogP contribution in [0.25, 0.3) is 0 Å². The zero-order valence-electron chi connectivity index (χ0n) is 8.91. The van der Waals surface area contributed by atoms with E-state index in [1.165, 1.54) is 11.1 Å². The summed E-state index contributed by atoms with van der Waals surface area (Å²) in [6.07, 6.45) is 2.16. The van der Waals surface area contributed by atoms with Crippen LogP contribution in [0.15, 0.2) is 47.0 Å². The van der Waals surface area contributed by atoms with Crippen molar-refractivity contribution in [3.63, 3.8) is 0 Å². The molecule has 0 aliphatic carbocycles. The lowest BCUT2D eigenvalue weighted by Gasteiger charge is -2.23. The molecule has 0 N–H and O–H groups in total. The largest absolute Gasteiger partial charge is 0.274 e. The third-order valence-corrected chi connectivity index (χ3v) is 2.93. The second kappa shape index (κ2) is 3.09. The maximum absolute atomic E-state index is 4.70. The molecule has 1 nitrogen and oxygen atoms in total. The van der Waals surface area contributed by atoms with Crippen LogP contribution in [-0.4, -0.2) is 5.71 Å². The molecule has 1 unspecified atom stereocenters. The quantitative estimate of drug-likeness (QED) is 0.636. The van der Waals surface area contributed by atoms with E-state index in [0.717, 1.165) is 5.71 Å². The second-order valence-electron chi connectivity index (χ2n) is 4.02. The Morgan fingerprint density at radius 1 is 1.07 bits per heavy atom. The van der Waals surface area contributed by atoms with Crippen LogP contribution in [0.2, 0.25) is 0 Å². The highest BCUT2D eigenvalue weighted by molar-refractivity contribution is 5.96. The molecule has 0 fully saturated rings. The third kappa shape index (κ3) is 1.29. The molecule has 1 aromatic carbocycles. The van der Waals surface area contributed by atoms with Crippen LogP contribution >= 0.6 is 0 Å². The molecule has 0 radical (unpaired) electrons. The summed E-state index contributed by atoms with van der Waals surface area (Å²) in [6, 6.07) is 10.4. The number of rotatable bonds is 1. The van der Waals surface area contributed by atoms with Crippen molar-refractivity contribution in [1.29, 1.82) is 0 Å². The van der Waals surface area contributed by atoms with Gasteiger partial charge in [-0.1, -0.05) is 30.3 Å². The lowest BCUT2D eigenvalue weighted by atomic mass is 9.87. The predicted molar refractivity (Wildman–Crippen MR) is 60.7 cm³/mol. The van der Waals surface area contributed by atoms with Crippen LogP contribution in [0, 0.1) is 0 Å². The zero-order chi connectivity index (χ0) is 10.2. The number of nitrogens with zero attached hydrogens (tertiary/aromatic N) is 1. The van der Waals surface area contributed by atoms with Gasteiger partial charge in [0.25, 0.3) is 0 Å². The third-order valence-electron chi connectivity index (χ3n) is 2.93. The first kappa shape index (κ1) is 9.20. The molecule has 0 spiro atoms. The molecule has 0 saturated carbocycles. The fourth-order valence-corrected chi connectivity index (χ4v) is 1.98. The molecule has 0 amide bonds. The lowest BCUT2D eigenvalue weighted by molar-refractivity contribution is 0.604. The van der Waals surface area contributed by atoms with Gasteiger partial charge < -0.3 is 0 Å². The van der Waals surface area contributed by atoms with Crippen molar-refractivity contribution < 1.29 is 0 Å². The lowest BCUT2D eigenvalue weighted by Crippen LogP contribution is -2.17. The summed E-state index contributed by atoms with van der Waals surface area (Å²) >= 11 is 0. The van der Waals surface area contributed by atoms with Gasteiger partial charge in [-0.3, -0.25) is 4.99 Å². The number of hydrogen-bond acceptors (Lipinski definition) is 1. The van der Waals surface area contributed by atoms with E-state index >= 15 is 0 Å². The number of benzene rings is 1. The summed E-state index contributed by atoms with van der Waals surface area (Å²) in [5, 5.41) is 0. The average Bonchev–Trinajstić information content (AvgIpc) is 2.43. The first-order valence-corrected chi connectivity index (χ1v) is 4.94. The molecule has 0 saturated heterocycles. The first-order valence-electron chi connectivity index (χ1n) is 4.94. The number of aliphatic imine (C=N–C) groups is 1. The zero-order valence-corrected chi connectivity index (χ0v) is 8.91. The molecule has 1 aromatic rings. The van der Waals surface area contributed by atoms with Crippen molar-refractivity contribution in [2.75, 3.05) is 0 Å². The van der Waals surface area contributed by atoms with Crippen LogP contribution in [-0.2, 0) is 5.54 Å². The van der Waals surface area contributed by atoms with Crippen LogP contribution in [0.3, 0.4) is 0 Å². The van der Waals surface area contributed by atoms with Crippen molar-refractivity contribution in [2.45, 2.75) is 26.3 Å². The Balaban J connectivity index is 2.50. The Bertz CT molecular complexity index is 401. The number of hydrogen-bond donors (Lipinski definition) is 0. The predicted octanol–water partition coefficient (Wildman–Crippen LogP) is 3.32. The Morgan fingerprint density at radius 3 is 2.21 bits per heavy atom. The second-order valence-corrected chi connectivity index (χ2v) is 4.02. The van der Waals surface area contributed by atoms with E-state index in [1.807, 2.05) is 6.07 Å². The molecular formula is C13H15N. The topological polar surface area (TPSA) is 12.4 Å². The standard InChI is InChI=1S/C13H15N/c1-10-9-11(2)14-13(10,3)12-7-5-4-6-8-12/h4-9H,1-3H3. The van der Waals surface area contributed by atoms with E-state index in [4.69, 9.17) is 4.99 Å². The van der Waals surface area contributed by atoms with Crippen LogP contribution < -0.4 is 0 Å². The molecule has 14 heavy (non-hydrogen) atoms. The van der Waals surface area contributed by atoms with Gasteiger partial charge in [0.15, 0.2) is 0 Å². The summed E-state index contributed by atoms with van der Waals surface area (Å²) in [7, 11) is 0. The molecule has 1 heteroatoms. The minimum absolute atomic E-state index is 0.134. The smallest absolute Gasteiger partial charge is 0.104 e. The molecule has 1 heterocycles. The summed E-state index contributed by atoms with van der Waals surface area (Å²) in [4.78, 5) is 4.70. The molecule has 2 rings (SSSR count). The van der Waals surface area contributed by atoms with Crippen LogP contribution in [0.4, 0.5) is 0 Å². The van der Waals surface area contributed by atoms with Gasteiger partial charge in [-0.25, -0.2) is 0 Å². The van der Waals surface area contributed by atoms with Crippen LogP contribution in [0.5, 0.6) is 0 Å². The minimum Gasteiger partial charge on any atom is -0.274 e. The Kier molecular flexibility index (Phi) is 2.03. The molecular weight excluding hydrogens is 170 g/mol. The molecule has 72 valence electrons. The normalized spacial score (nSPS) is 25.9. The first-order chi connectivity index (χ1) is 6.63. The van der Waals surface area contributed by atoms with Gasteiger partial charge >= 0.3 is 0 Å². The van der Waals surface area contributed by atoms with Crippen molar-refractivity contribution in [2.24, 2.45) is 4.99 Å². The van der Waals surface area contributed by atoms with Gasteiger partial charge in [-0.15, -0.1) is 0 Å². The summed E-state index contributed by atoms with van der Waals surface area (Å²) in [6.45, 7) is 6.37. The van der Waals surface area contributed by atoms with Crippen molar-refractivity contribution in [3.05, 3.63) is 47.5 Å². The minimum atomic E-state index is -0.134. The maximum Gasteiger partial charge on any atom is 0.104 e. The molecule has 1 aliphatic rings. The van der Waals surface area contributed by atoms with Gasteiger partial charge in [0.1, 0.15) is 5.54 Å². The Hall–Kier alpha value is -1.37. The fraction of sp³-hybridized carbons (Fsp3) is 0.308. The fourth-order valence-electron chi connectivity index (χ4n) is 1.98. The highest BCUT2D eigenvalue weighted by Crippen LogP contribution is 2.36. The summed E-state index contributed by atoms with van der Waals surface area (Å²) < 4.78 is 0. The number of allylic oxidation sites excluding steroid dienone is 1. The van der Waals surface area contributed by atoms with Gasteiger partial charge in [0, 0.05) is 5.71 Å². The Morgan fingerprint density at radius 2 is 1.71 bits per heavy atom. The van der Waals surface area contributed by atoms with Gasteiger partial charge in [0.2, 0.25) is 0 Å². The SMILES string of the molecule is CC1=CC(C)=NC1(C)c1ccccc1. The highest BCUT2D eigenvalue weighted by Gasteiger charge is 2.30. The molecule has 0 aromatic heterocycles. The summed E-state index contributed by atoms with van der Waals surface area (Å²) in [5.41, 5.74) is 3.58. The highest BCUT2D eigenvalue weighted by atomic mass is 14.9. The van der Waals surface area contributed by atoms with E-state index in [9.17, 15) is 0 Å². The van der Waals surface area contributed by atoms with Gasteiger partial charge in [-0.05, 0) is 38.0 Å². The monoisotopic (exact) mass is 185 g/mol. The van der Waals surface area contributed by atoms with Gasteiger partial charge in [-0.2, -0.15) is 0 Å². The Labute approximate surface area is 85.2 Å². The van der Waals surface area contributed by atoms with Crippen molar-refractivity contribution in [3.8, 4) is 0 Å². The van der Waals surface area contributed by atoms with Gasteiger partial charge in [0.05, 0.1) is 0 Å². The average molecular weight is 185 g/mol. The maximum atomic E-state index is 4.70. The van der Waals surface area contributed by atoms with E-state index in [2.05, 4.69) is 51.1 Å². The van der Waals surface area contributed by atoms with E-state index in [0.29, 0.717) is 0 Å². The van der Waals surface area contributed by atoms with E-state index < -0.39 is 0 Å².